The third-order valence-corrected chi connectivity index (χ3v) is 13.8. The highest BCUT2D eigenvalue weighted by atomic mass is 15.1. The van der Waals surface area contributed by atoms with Crippen molar-refractivity contribution in [3.8, 4) is 85.2 Å². The van der Waals surface area contributed by atoms with Crippen LogP contribution in [0.1, 0.15) is 16.7 Å². The molecule has 0 unspecified atom stereocenters. The van der Waals surface area contributed by atoms with Crippen molar-refractivity contribution in [3.05, 3.63) is 257 Å². The van der Waals surface area contributed by atoms with Gasteiger partial charge in [0.25, 0.3) is 0 Å². The average Bonchev–Trinajstić information content (AvgIpc) is 3.98. The first-order chi connectivity index (χ1) is 36.4. The van der Waals surface area contributed by atoms with Gasteiger partial charge in [-0.25, -0.2) is 14.5 Å². The predicted octanol–water partition coefficient (Wildman–Crippen LogP) is 17.5. The summed E-state index contributed by atoms with van der Waals surface area (Å²) in [6, 6.07) is 73.8. The highest BCUT2D eigenvalue weighted by Crippen LogP contribution is 2.48. The van der Waals surface area contributed by atoms with Crippen LogP contribution in [0.25, 0.3) is 125 Å². The summed E-state index contributed by atoms with van der Waals surface area (Å²) in [5.74, 6) is 0. The summed E-state index contributed by atoms with van der Waals surface area (Å²) < 4.78 is 4.32. The Labute approximate surface area is 426 Å². The average molecular weight is 939 g/mol. The molecule has 0 atom stereocenters. The van der Waals surface area contributed by atoms with Crippen LogP contribution in [-0.2, 0) is 0 Å². The number of nitrogens with zero attached hydrogens (tertiary/aromatic N) is 8. The molecule has 0 amide bonds. The predicted molar refractivity (Wildman–Crippen MR) is 295 cm³/mol. The van der Waals surface area contributed by atoms with Gasteiger partial charge in [-0.05, 0) is 159 Å². The molecule has 0 saturated carbocycles. The molecule has 0 radical (unpaired) electrons. The van der Waals surface area contributed by atoms with Crippen molar-refractivity contribution < 1.29 is 0 Å². The summed E-state index contributed by atoms with van der Waals surface area (Å²) >= 11 is 0. The lowest BCUT2D eigenvalue weighted by atomic mass is 9.99. The second-order valence-corrected chi connectivity index (χ2v) is 17.9. The lowest BCUT2D eigenvalue weighted by molar-refractivity contribution is 1.15. The van der Waals surface area contributed by atoms with Crippen molar-refractivity contribution >= 4 is 60.7 Å². The zero-order valence-electron chi connectivity index (χ0n) is 39.2. The van der Waals surface area contributed by atoms with Crippen LogP contribution in [-0.4, -0.2) is 9.13 Å². The molecule has 8 heteroatoms. The van der Waals surface area contributed by atoms with Crippen molar-refractivity contribution in [2.75, 3.05) is 0 Å². The van der Waals surface area contributed by atoms with E-state index >= 15 is 0 Å². The Morgan fingerprint density at radius 3 is 1.07 bits per heavy atom. The Bertz CT molecular complexity index is 4410. The number of hydrogen-bond donors (Lipinski definition) is 0. The van der Waals surface area contributed by atoms with Crippen LogP contribution in [0.2, 0.25) is 0 Å². The Hall–Kier alpha value is -11.3. The summed E-state index contributed by atoms with van der Waals surface area (Å²) in [6.07, 6.45) is 0. The summed E-state index contributed by atoms with van der Waals surface area (Å²) in [5.41, 5.74) is 16.5. The maximum atomic E-state index is 10.2. The molecule has 0 fully saturated rings. The molecule has 0 N–H and O–H groups in total. The number of fused-ring (bicyclic) bond motifs is 6. The van der Waals surface area contributed by atoms with Crippen molar-refractivity contribution in [1.82, 2.24) is 9.13 Å². The molecule has 12 rings (SSSR count). The monoisotopic (exact) mass is 938 g/mol. The minimum atomic E-state index is 0.377. The molecular weight excluding hydrogens is 905 g/mol. The molecule has 0 saturated heterocycles. The van der Waals surface area contributed by atoms with Gasteiger partial charge < -0.3 is 9.13 Å². The minimum Gasteiger partial charge on any atom is -0.319 e. The number of rotatable bonds is 7. The van der Waals surface area contributed by atoms with Gasteiger partial charge in [-0.15, -0.1) is 0 Å². The van der Waals surface area contributed by atoms with Crippen LogP contribution in [0.5, 0.6) is 0 Å². The molecule has 2 heterocycles. The van der Waals surface area contributed by atoms with E-state index in [1.54, 1.807) is 30.3 Å². The van der Waals surface area contributed by atoms with Gasteiger partial charge in [0.1, 0.15) is 0 Å². The number of benzene rings is 10. The molecular formula is C66H34N8. The van der Waals surface area contributed by atoms with Gasteiger partial charge in [-0.2, -0.15) is 15.8 Å². The van der Waals surface area contributed by atoms with Gasteiger partial charge >= 0.3 is 0 Å². The molecule has 12 aromatic rings. The maximum absolute atomic E-state index is 10.2. The van der Waals surface area contributed by atoms with E-state index in [0.29, 0.717) is 45.1 Å². The zero-order valence-corrected chi connectivity index (χ0v) is 39.2. The van der Waals surface area contributed by atoms with E-state index in [1.165, 1.54) is 0 Å². The molecule has 0 aliphatic heterocycles. The standard InChI is InChI=1S/C66H34N8/c1-70-53-17-7-14-46(32-53)50-20-25-61-57(36-50)56-34-48(44-12-4-9-41(29-44)38-67)19-24-60(56)73(61)64-28-23-55(52-16-6-11-43(31-52)40-69)66(65(64)72-3)74-62-26-21-49(45-13-5-10-42(30-45)39-68)35-58(62)59-37-51(22-27-63(59)74)47-15-8-18-54(33-47)71-2/h4-37H. The quantitative estimate of drug-likeness (QED) is 0.149. The van der Waals surface area contributed by atoms with E-state index in [9.17, 15) is 22.4 Å². The van der Waals surface area contributed by atoms with Gasteiger partial charge in [0.2, 0.25) is 5.69 Å². The number of hydrogen-bond acceptors (Lipinski definition) is 3. The minimum absolute atomic E-state index is 0.377. The first kappa shape index (κ1) is 44.0. The van der Waals surface area contributed by atoms with E-state index in [-0.39, 0.29) is 0 Å². The second-order valence-electron chi connectivity index (χ2n) is 17.9. The van der Waals surface area contributed by atoms with Crippen LogP contribution in [0, 0.1) is 53.7 Å². The molecule has 74 heavy (non-hydrogen) atoms. The Balaban J connectivity index is 1.18. The number of nitriles is 3. The molecule has 0 aliphatic rings. The highest BCUT2D eigenvalue weighted by Gasteiger charge is 2.26. The molecule has 2 aromatic heterocycles. The molecule has 0 aliphatic carbocycles. The first-order valence-electron chi connectivity index (χ1n) is 23.6. The van der Waals surface area contributed by atoms with Crippen LogP contribution >= 0.6 is 0 Å². The van der Waals surface area contributed by atoms with E-state index in [1.807, 2.05) is 109 Å². The largest absolute Gasteiger partial charge is 0.319 e. The normalized spacial score (nSPS) is 10.9. The van der Waals surface area contributed by atoms with Crippen LogP contribution in [0.15, 0.2) is 206 Å². The van der Waals surface area contributed by atoms with Gasteiger partial charge in [0.15, 0.2) is 11.4 Å². The van der Waals surface area contributed by atoms with Crippen LogP contribution in [0.4, 0.5) is 17.1 Å². The highest BCUT2D eigenvalue weighted by molar-refractivity contribution is 6.15. The van der Waals surface area contributed by atoms with Gasteiger partial charge in [-0.3, -0.25) is 0 Å². The summed E-state index contributed by atoms with van der Waals surface area (Å²) in [7, 11) is 0. The smallest absolute Gasteiger partial charge is 0.234 e. The summed E-state index contributed by atoms with van der Waals surface area (Å²) in [6.45, 7) is 24.8. The molecule has 0 bridgehead atoms. The third kappa shape index (κ3) is 7.35. The zero-order chi connectivity index (χ0) is 50.5. The van der Waals surface area contributed by atoms with Crippen molar-refractivity contribution in [2.45, 2.75) is 0 Å². The van der Waals surface area contributed by atoms with Crippen LogP contribution < -0.4 is 0 Å². The van der Waals surface area contributed by atoms with Crippen molar-refractivity contribution in [1.29, 1.82) is 15.8 Å². The third-order valence-electron chi connectivity index (χ3n) is 13.8. The Kier molecular flexibility index (Phi) is 10.7. The van der Waals surface area contributed by atoms with Crippen molar-refractivity contribution in [3.63, 3.8) is 0 Å². The van der Waals surface area contributed by atoms with E-state index in [0.717, 1.165) is 99.2 Å². The van der Waals surface area contributed by atoms with Gasteiger partial charge in [-0.1, -0.05) is 103 Å². The maximum Gasteiger partial charge on any atom is 0.234 e. The van der Waals surface area contributed by atoms with Gasteiger partial charge in [0.05, 0.1) is 88.1 Å². The topological polar surface area (TPSA) is 94.3 Å². The fourth-order valence-electron chi connectivity index (χ4n) is 10.4. The lowest BCUT2D eigenvalue weighted by Gasteiger charge is -2.20. The Morgan fingerprint density at radius 1 is 0.324 bits per heavy atom. The SMILES string of the molecule is [C-]#[N+]c1cccc(-c2ccc3c(c2)c2cc(-c4cccc(C#N)c4)ccc2n3-c2ccc(-c3cccc(C#N)c3)c(-n3c4ccc(-c5cccc(C#N)c5)cc4c4cc(-c5cccc([N+]#[C-])c5)ccc43)c2[N+]#[C-])c1. The molecule has 10 aromatic carbocycles. The second kappa shape index (κ2) is 17.9. The first-order valence-corrected chi connectivity index (χ1v) is 23.6. The fraction of sp³-hybridized carbons (Fsp3) is 0. The summed E-state index contributed by atoms with van der Waals surface area (Å²) in [5, 5.41) is 33.6. The Morgan fingerprint density at radius 2 is 0.676 bits per heavy atom. The van der Waals surface area contributed by atoms with E-state index < -0.39 is 0 Å². The van der Waals surface area contributed by atoms with E-state index in [2.05, 4.69) is 109 Å². The number of aromatic nitrogens is 2. The summed E-state index contributed by atoms with van der Waals surface area (Å²) in [4.78, 5) is 11.9. The molecule has 0 spiro atoms. The molecule has 338 valence electrons. The van der Waals surface area contributed by atoms with Gasteiger partial charge in [0, 0.05) is 21.5 Å². The van der Waals surface area contributed by atoms with Crippen molar-refractivity contribution in [2.24, 2.45) is 0 Å². The fourth-order valence-corrected chi connectivity index (χ4v) is 10.4. The molecule has 8 nitrogen and oxygen atoms in total. The van der Waals surface area contributed by atoms with Crippen LogP contribution in [0.3, 0.4) is 0 Å². The van der Waals surface area contributed by atoms with E-state index in [4.69, 9.17) is 13.1 Å². The lowest BCUT2D eigenvalue weighted by Crippen LogP contribution is -2.02.